The number of rotatable bonds is 6. The first-order valence-electron chi connectivity index (χ1n) is 9.33. The Morgan fingerprint density at radius 2 is 1.75 bits per heavy atom. The van der Waals surface area contributed by atoms with Gasteiger partial charge in [0.2, 0.25) is 0 Å². The van der Waals surface area contributed by atoms with E-state index in [0.29, 0.717) is 22.4 Å². The van der Waals surface area contributed by atoms with Crippen LogP contribution >= 0.6 is 68.4 Å². The van der Waals surface area contributed by atoms with E-state index in [1.807, 2.05) is 50.2 Å². The van der Waals surface area contributed by atoms with Gasteiger partial charge in [-0.25, -0.2) is 0 Å². The van der Waals surface area contributed by atoms with Crippen molar-refractivity contribution < 1.29 is 9.53 Å². The topological polar surface area (TPSA) is 67.0 Å². The predicted octanol–water partition coefficient (Wildman–Crippen LogP) is 6.88. The Morgan fingerprint density at radius 3 is 2.31 bits per heavy atom. The minimum Gasteiger partial charge on any atom is -0.487 e. The predicted molar refractivity (Wildman–Crippen MR) is 145 cm³/mol. The van der Waals surface area contributed by atoms with E-state index in [9.17, 15) is 10.1 Å². The lowest BCUT2D eigenvalue weighted by Crippen LogP contribution is -2.25. The molecule has 0 aliphatic heterocycles. The van der Waals surface area contributed by atoms with Crippen LogP contribution in [0.15, 0.2) is 48.0 Å². The zero-order valence-electron chi connectivity index (χ0n) is 17.0. The van der Waals surface area contributed by atoms with E-state index in [0.717, 1.165) is 29.7 Å². The summed E-state index contributed by atoms with van der Waals surface area (Å²) in [6, 6.07) is 14.8. The lowest BCUT2D eigenvalue weighted by atomic mass is 10.1. The summed E-state index contributed by atoms with van der Waals surface area (Å²) in [5.74, 6) is 0.230. The average Bonchev–Trinajstić information content (AvgIpc) is 3.04. The molecule has 5 nitrogen and oxygen atoms in total. The summed E-state index contributed by atoms with van der Waals surface area (Å²) in [7, 11) is 0. The highest BCUT2D eigenvalue weighted by molar-refractivity contribution is 14.1. The normalized spacial score (nSPS) is 11.2. The number of nitrogens with one attached hydrogen (secondary N) is 1. The highest BCUT2D eigenvalue weighted by atomic mass is 127. The van der Waals surface area contributed by atoms with Crippen LogP contribution in [0.3, 0.4) is 0 Å². The number of nitriles is 1. The molecular weight excluding hydrogens is 675 g/mol. The number of amides is 1. The average molecular weight is 692 g/mol. The first kappa shape index (κ1) is 24.9. The number of aromatic nitrogens is 1. The molecule has 1 N–H and O–H groups in total. The molecule has 2 aromatic carbocycles. The molecule has 164 valence electrons. The molecule has 0 saturated carbocycles. The number of ether oxygens (including phenoxy) is 1. The van der Waals surface area contributed by atoms with E-state index in [2.05, 4.69) is 50.6 Å². The minimum absolute atomic E-state index is 0.00529. The molecule has 0 radical (unpaired) electrons. The molecule has 9 heteroatoms. The fourth-order valence-corrected chi connectivity index (χ4v) is 5.50. The number of nitrogens with zero attached hydrogens (tertiary/aromatic N) is 2. The third kappa shape index (κ3) is 5.98. The Hall–Kier alpha value is -1.74. The summed E-state index contributed by atoms with van der Waals surface area (Å²) in [5.41, 5.74) is 6.06. The standard InChI is InChI=1S/C23H17Cl2I2N3O2/c1-13-3-4-14(2)30(13)29-23(31)17(11-28)7-15-8-20(26)22(21(27)9-15)32-12-16-5-6-18(24)10-19(16)25/h3-10H,12H2,1-2H3,(H,29,31)/b17-7-. The van der Waals surface area contributed by atoms with Crippen molar-refractivity contribution >= 4 is 80.4 Å². The number of hydrogen-bond donors (Lipinski definition) is 1. The first-order chi connectivity index (χ1) is 15.2. The second kappa shape index (κ2) is 10.9. The van der Waals surface area contributed by atoms with Crippen LogP contribution in [-0.4, -0.2) is 10.6 Å². The van der Waals surface area contributed by atoms with Crippen molar-refractivity contribution in [3.63, 3.8) is 0 Å². The molecule has 0 spiro atoms. The van der Waals surface area contributed by atoms with Crippen molar-refractivity contribution in [3.8, 4) is 11.8 Å². The van der Waals surface area contributed by atoms with Gasteiger partial charge in [0.25, 0.3) is 5.91 Å². The van der Waals surface area contributed by atoms with Crippen molar-refractivity contribution in [2.45, 2.75) is 20.5 Å². The Kier molecular flexibility index (Phi) is 8.49. The van der Waals surface area contributed by atoms with Gasteiger partial charge in [0.15, 0.2) is 0 Å². The molecule has 0 bridgehead atoms. The lowest BCUT2D eigenvalue weighted by Gasteiger charge is -2.13. The third-order valence-corrected chi connectivity index (χ3v) is 6.76. The third-order valence-electron chi connectivity index (χ3n) is 4.57. The van der Waals surface area contributed by atoms with Crippen LogP contribution in [0.1, 0.15) is 22.5 Å². The highest BCUT2D eigenvalue weighted by Crippen LogP contribution is 2.31. The summed E-state index contributed by atoms with van der Waals surface area (Å²) in [6.07, 6.45) is 1.56. The Labute approximate surface area is 223 Å². The summed E-state index contributed by atoms with van der Waals surface area (Å²) < 4.78 is 9.34. The van der Waals surface area contributed by atoms with E-state index in [1.54, 1.807) is 22.9 Å². The molecule has 0 fully saturated rings. The minimum atomic E-state index is -0.474. The summed E-state index contributed by atoms with van der Waals surface area (Å²) in [6.45, 7) is 4.05. The molecule has 0 atom stereocenters. The summed E-state index contributed by atoms with van der Waals surface area (Å²) >= 11 is 16.5. The quantitative estimate of drug-likeness (QED) is 0.174. The van der Waals surface area contributed by atoms with Crippen LogP contribution in [0, 0.1) is 32.3 Å². The fraction of sp³-hybridized carbons (Fsp3) is 0.130. The van der Waals surface area contributed by atoms with Crippen LogP contribution in [0.25, 0.3) is 6.08 Å². The Morgan fingerprint density at radius 1 is 1.12 bits per heavy atom. The SMILES string of the molecule is Cc1ccc(C)n1NC(=O)/C(C#N)=C\c1cc(I)c(OCc2ccc(Cl)cc2Cl)c(I)c1. The van der Waals surface area contributed by atoms with Gasteiger partial charge in [-0.05, 0) is 107 Å². The molecule has 0 saturated heterocycles. The summed E-state index contributed by atoms with van der Waals surface area (Å²) in [4.78, 5) is 12.6. The van der Waals surface area contributed by atoms with Crippen molar-refractivity contribution in [1.82, 2.24) is 4.68 Å². The molecular formula is C23H17Cl2I2N3O2. The van der Waals surface area contributed by atoms with Crippen LogP contribution < -0.4 is 10.2 Å². The maximum atomic E-state index is 12.6. The van der Waals surface area contributed by atoms with Gasteiger partial charge in [0.1, 0.15) is 24.0 Å². The van der Waals surface area contributed by atoms with Crippen LogP contribution in [0.2, 0.25) is 10.0 Å². The Balaban J connectivity index is 1.80. The maximum absolute atomic E-state index is 12.6. The number of carbonyl (C=O) groups is 1. The highest BCUT2D eigenvalue weighted by Gasteiger charge is 2.14. The van der Waals surface area contributed by atoms with E-state index >= 15 is 0 Å². The molecule has 1 amide bonds. The van der Waals surface area contributed by atoms with Gasteiger partial charge < -0.3 is 4.74 Å². The van der Waals surface area contributed by atoms with Crippen molar-refractivity contribution in [1.29, 1.82) is 5.26 Å². The number of aryl methyl sites for hydroxylation is 2. The van der Waals surface area contributed by atoms with Gasteiger partial charge in [-0.2, -0.15) is 5.26 Å². The van der Waals surface area contributed by atoms with Crippen molar-refractivity contribution in [2.24, 2.45) is 0 Å². The molecule has 0 unspecified atom stereocenters. The fourth-order valence-electron chi connectivity index (χ4n) is 2.91. The number of carbonyl (C=O) groups excluding carboxylic acids is 1. The van der Waals surface area contributed by atoms with Crippen LogP contribution in [0.4, 0.5) is 0 Å². The van der Waals surface area contributed by atoms with E-state index in [1.165, 1.54) is 0 Å². The molecule has 1 heterocycles. The maximum Gasteiger partial charge on any atom is 0.280 e. The van der Waals surface area contributed by atoms with Gasteiger partial charge in [0, 0.05) is 27.0 Å². The summed E-state index contributed by atoms with van der Waals surface area (Å²) in [5, 5.41) is 10.6. The van der Waals surface area contributed by atoms with Gasteiger partial charge in [-0.1, -0.05) is 29.3 Å². The molecule has 0 aliphatic carbocycles. The largest absolute Gasteiger partial charge is 0.487 e. The zero-order chi connectivity index (χ0) is 23.4. The van der Waals surface area contributed by atoms with E-state index in [-0.39, 0.29) is 5.57 Å². The number of benzene rings is 2. The molecule has 32 heavy (non-hydrogen) atoms. The molecule has 0 aliphatic rings. The zero-order valence-corrected chi connectivity index (χ0v) is 22.9. The smallest absolute Gasteiger partial charge is 0.280 e. The second-order valence-corrected chi connectivity index (χ2v) is 10.1. The second-order valence-electron chi connectivity index (χ2n) is 6.90. The van der Waals surface area contributed by atoms with Crippen LogP contribution in [0.5, 0.6) is 5.75 Å². The molecule has 3 aromatic rings. The van der Waals surface area contributed by atoms with Gasteiger partial charge >= 0.3 is 0 Å². The van der Waals surface area contributed by atoms with Gasteiger partial charge in [-0.15, -0.1) is 0 Å². The number of hydrogen-bond acceptors (Lipinski definition) is 3. The molecule has 3 rings (SSSR count). The van der Waals surface area contributed by atoms with Crippen molar-refractivity contribution in [3.05, 3.63) is 87.7 Å². The van der Waals surface area contributed by atoms with E-state index in [4.69, 9.17) is 27.9 Å². The molecule has 1 aromatic heterocycles. The first-order valence-corrected chi connectivity index (χ1v) is 12.2. The number of halogens is 4. The van der Waals surface area contributed by atoms with Crippen molar-refractivity contribution in [2.75, 3.05) is 5.43 Å². The lowest BCUT2D eigenvalue weighted by molar-refractivity contribution is -0.113. The van der Waals surface area contributed by atoms with E-state index < -0.39 is 5.91 Å². The Bertz CT molecular complexity index is 1220. The monoisotopic (exact) mass is 691 g/mol. The van der Waals surface area contributed by atoms with Gasteiger partial charge in [-0.3, -0.25) is 14.9 Å². The van der Waals surface area contributed by atoms with Gasteiger partial charge in [0.05, 0.1) is 7.14 Å². The van der Waals surface area contributed by atoms with Crippen LogP contribution in [-0.2, 0) is 11.4 Å².